The van der Waals surface area contributed by atoms with E-state index in [0.29, 0.717) is 11.3 Å². The van der Waals surface area contributed by atoms with Crippen LogP contribution in [0, 0.1) is 16.9 Å². The van der Waals surface area contributed by atoms with Crippen molar-refractivity contribution in [3.63, 3.8) is 0 Å². The Kier molecular flexibility index (Phi) is 5.92. The first-order chi connectivity index (χ1) is 15.1. The normalized spacial score (nSPS) is 14.2. The van der Waals surface area contributed by atoms with E-state index in [-0.39, 0.29) is 6.04 Å². The molecule has 1 aromatic heterocycles. The van der Waals surface area contributed by atoms with Crippen LogP contribution in [0.5, 0.6) is 0 Å². The molecule has 7 nitrogen and oxygen atoms in total. The van der Waals surface area contributed by atoms with Gasteiger partial charge in [0.25, 0.3) is 0 Å². The predicted octanol–water partition coefficient (Wildman–Crippen LogP) is 4.92. The number of hydrogen-bond acceptors (Lipinski definition) is 7. The summed E-state index contributed by atoms with van der Waals surface area (Å²) >= 11 is 0. The number of rotatable bonds is 5. The van der Waals surface area contributed by atoms with Crippen LogP contribution in [0.25, 0.3) is 22.3 Å². The molecule has 4 rings (SSSR count). The van der Waals surface area contributed by atoms with Gasteiger partial charge in [-0.05, 0) is 59.9 Å². The van der Waals surface area contributed by atoms with E-state index in [1.165, 1.54) is 0 Å². The number of piperidine rings is 1. The van der Waals surface area contributed by atoms with Gasteiger partial charge in [-0.15, -0.1) is 0 Å². The van der Waals surface area contributed by atoms with Crippen molar-refractivity contribution in [3.05, 3.63) is 60.3 Å². The summed E-state index contributed by atoms with van der Waals surface area (Å²) in [6.45, 7) is 1.78. The highest BCUT2D eigenvalue weighted by Gasteiger charge is 2.19. The average molecular weight is 412 g/mol. The number of pyridine rings is 1. The fourth-order valence-corrected chi connectivity index (χ4v) is 3.94. The molecule has 0 spiro atoms. The van der Waals surface area contributed by atoms with Crippen molar-refractivity contribution in [2.75, 3.05) is 30.4 Å². The molecule has 7 heteroatoms. The van der Waals surface area contributed by atoms with Crippen molar-refractivity contribution in [2.45, 2.75) is 18.9 Å². The Morgan fingerprint density at radius 1 is 1.10 bits per heavy atom. The molecule has 1 saturated heterocycles. The zero-order chi connectivity index (χ0) is 21.8. The number of hydrogen-bond donors (Lipinski definition) is 3. The maximum absolute atomic E-state index is 9.16. The van der Waals surface area contributed by atoms with Crippen LogP contribution >= 0.6 is 0 Å². The summed E-state index contributed by atoms with van der Waals surface area (Å²) in [5.41, 5.74) is 19.5. The molecule has 0 atom stereocenters. The lowest BCUT2D eigenvalue weighted by Gasteiger charge is -2.31. The molecule has 3 aromatic rings. The summed E-state index contributed by atoms with van der Waals surface area (Å²) in [4.78, 5) is 7.03. The minimum atomic E-state index is 0.256. The molecule has 2 heterocycles. The number of anilines is 2. The van der Waals surface area contributed by atoms with Gasteiger partial charge in [-0.25, -0.2) is 10.5 Å². The number of nitriles is 1. The highest BCUT2D eigenvalue weighted by atomic mass is 15.2. The van der Waals surface area contributed by atoms with Crippen molar-refractivity contribution in [2.24, 2.45) is 10.8 Å². The Labute approximate surface area is 182 Å². The minimum Gasteiger partial charge on any atom is -0.386 e. The van der Waals surface area contributed by atoms with Crippen LogP contribution in [0.3, 0.4) is 0 Å². The lowest BCUT2D eigenvalue weighted by Crippen LogP contribution is -2.40. The van der Waals surface area contributed by atoms with Gasteiger partial charge in [-0.3, -0.25) is 0 Å². The standard InChI is InChI=1S/C24H25N7/c1-28-22-7-6-18(12-23(22)30-27)21-15-29-24(31-10-8-19(26)9-11-31)13-20(21)17-4-2-16(14-25)3-5-17/h2-7,12-13,15,19,27-28H,8-11,26H2,1H3. The van der Waals surface area contributed by atoms with Crippen LogP contribution in [0.15, 0.2) is 59.8 Å². The van der Waals surface area contributed by atoms with Crippen molar-refractivity contribution in [1.29, 1.82) is 10.8 Å². The van der Waals surface area contributed by atoms with Crippen molar-refractivity contribution in [3.8, 4) is 28.3 Å². The van der Waals surface area contributed by atoms with E-state index in [1.54, 1.807) is 0 Å². The van der Waals surface area contributed by atoms with Gasteiger partial charge in [0.15, 0.2) is 0 Å². The quantitative estimate of drug-likeness (QED) is 0.516. The number of nitrogens with two attached hydrogens (primary N) is 1. The molecule has 1 fully saturated rings. The van der Waals surface area contributed by atoms with E-state index in [2.05, 4.69) is 27.5 Å². The highest BCUT2D eigenvalue weighted by Crippen LogP contribution is 2.38. The van der Waals surface area contributed by atoms with Gasteiger partial charge in [-0.2, -0.15) is 10.4 Å². The van der Waals surface area contributed by atoms with Gasteiger partial charge < -0.3 is 16.0 Å². The Morgan fingerprint density at radius 2 is 1.81 bits per heavy atom. The monoisotopic (exact) mass is 411 g/mol. The van der Waals surface area contributed by atoms with Gasteiger partial charge in [0.05, 0.1) is 17.3 Å². The van der Waals surface area contributed by atoms with Gasteiger partial charge in [0, 0.05) is 37.9 Å². The summed E-state index contributed by atoms with van der Waals surface area (Å²) < 4.78 is 0. The number of aromatic nitrogens is 1. The molecule has 156 valence electrons. The van der Waals surface area contributed by atoms with E-state index in [1.807, 2.05) is 55.7 Å². The molecular weight excluding hydrogens is 386 g/mol. The van der Waals surface area contributed by atoms with Crippen molar-refractivity contribution >= 4 is 17.2 Å². The summed E-state index contributed by atoms with van der Waals surface area (Å²) in [5.74, 6) is 0.923. The molecule has 4 N–H and O–H groups in total. The maximum atomic E-state index is 9.16. The molecule has 0 saturated carbocycles. The third-order valence-corrected chi connectivity index (χ3v) is 5.78. The van der Waals surface area contributed by atoms with Crippen molar-refractivity contribution < 1.29 is 0 Å². The van der Waals surface area contributed by atoms with E-state index in [9.17, 15) is 0 Å². The number of benzene rings is 2. The Hall–Kier alpha value is -3.76. The third kappa shape index (κ3) is 4.25. The second-order valence-corrected chi connectivity index (χ2v) is 7.70. The van der Waals surface area contributed by atoms with Gasteiger partial charge >= 0.3 is 0 Å². The van der Waals surface area contributed by atoms with Crippen LogP contribution < -0.4 is 16.0 Å². The molecular formula is C24H25N7. The first-order valence-corrected chi connectivity index (χ1v) is 10.3. The fourth-order valence-electron chi connectivity index (χ4n) is 3.94. The average Bonchev–Trinajstić information content (AvgIpc) is 2.83. The summed E-state index contributed by atoms with van der Waals surface area (Å²) in [6.07, 6.45) is 3.80. The first kappa shape index (κ1) is 20.5. The molecule has 1 aliphatic heterocycles. The SMILES string of the molecule is CNc1ccc(-c2cnc(N3CCC(N)CC3)cc2-c2ccc(C#N)cc2)cc1N=N. The summed E-state index contributed by atoms with van der Waals surface area (Å²) in [5, 5.41) is 15.9. The summed E-state index contributed by atoms with van der Waals surface area (Å²) in [7, 11) is 1.81. The van der Waals surface area contributed by atoms with Crippen LogP contribution in [0.1, 0.15) is 18.4 Å². The predicted molar refractivity (Wildman–Crippen MR) is 124 cm³/mol. The molecule has 0 bridgehead atoms. The zero-order valence-corrected chi connectivity index (χ0v) is 17.5. The topological polar surface area (TPSA) is 114 Å². The van der Waals surface area contributed by atoms with E-state index in [4.69, 9.17) is 21.5 Å². The number of nitrogens with one attached hydrogen (secondary N) is 2. The van der Waals surface area contributed by atoms with Crippen LogP contribution in [-0.2, 0) is 0 Å². The lowest BCUT2D eigenvalue weighted by atomic mass is 9.95. The molecule has 2 aromatic carbocycles. The van der Waals surface area contributed by atoms with Gasteiger partial charge in [0.1, 0.15) is 11.5 Å². The second kappa shape index (κ2) is 8.94. The molecule has 0 radical (unpaired) electrons. The third-order valence-electron chi connectivity index (χ3n) is 5.78. The fraction of sp³-hybridized carbons (Fsp3) is 0.250. The second-order valence-electron chi connectivity index (χ2n) is 7.70. The Morgan fingerprint density at radius 3 is 2.45 bits per heavy atom. The van der Waals surface area contributed by atoms with Crippen LogP contribution in [0.4, 0.5) is 17.2 Å². The maximum Gasteiger partial charge on any atom is 0.129 e. The number of nitrogens with zero attached hydrogens (tertiary/aromatic N) is 4. The van der Waals surface area contributed by atoms with E-state index < -0.39 is 0 Å². The Bertz CT molecular complexity index is 1120. The molecule has 1 aliphatic rings. The molecule has 0 unspecified atom stereocenters. The lowest BCUT2D eigenvalue weighted by molar-refractivity contribution is 0.499. The summed E-state index contributed by atoms with van der Waals surface area (Å²) in [6, 6.07) is 17.9. The van der Waals surface area contributed by atoms with Crippen LogP contribution in [0.2, 0.25) is 0 Å². The van der Waals surface area contributed by atoms with Gasteiger partial charge in [-0.1, -0.05) is 18.2 Å². The van der Waals surface area contributed by atoms with E-state index in [0.717, 1.165) is 59.7 Å². The Balaban J connectivity index is 1.82. The molecule has 0 aliphatic carbocycles. The molecule has 0 amide bonds. The first-order valence-electron chi connectivity index (χ1n) is 10.3. The minimum absolute atomic E-state index is 0.256. The smallest absolute Gasteiger partial charge is 0.129 e. The van der Waals surface area contributed by atoms with Gasteiger partial charge in [0.2, 0.25) is 0 Å². The molecule has 31 heavy (non-hydrogen) atoms. The van der Waals surface area contributed by atoms with E-state index >= 15 is 0 Å². The van der Waals surface area contributed by atoms with Crippen molar-refractivity contribution in [1.82, 2.24) is 4.98 Å². The zero-order valence-electron chi connectivity index (χ0n) is 17.5. The highest BCUT2D eigenvalue weighted by molar-refractivity contribution is 5.87. The van der Waals surface area contributed by atoms with Crippen LogP contribution in [-0.4, -0.2) is 31.2 Å². The largest absolute Gasteiger partial charge is 0.386 e.